The molecule has 0 aliphatic carbocycles. The first kappa shape index (κ1) is 17.7. The maximum absolute atomic E-state index is 4.65. The molecule has 134 valence electrons. The normalized spacial score (nSPS) is 11.4. The molecule has 0 aliphatic rings. The number of guanidine groups is 1. The van der Waals surface area contributed by atoms with Crippen molar-refractivity contribution in [1.29, 1.82) is 0 Å². The minimum absolute atomic E-state index is 0.625. The van der Waals surface area contributed by atoms with Crippen LogP contribution < -0.4 is 10.6 Å². The van der Waals surface area contributed by atoms with E-state index in [1.165, 1.54) is 11.1 Å². The van der Waals surface area contributed by atoms with Gasteiger partial charge in [-0.2, -0.15) is 5.10 Å². The van der Waals surface area contributed by atoms with Gasteiger partial charge in [0.25, 0.3) is 0 Å². The van der Waals surface area contributed by atoms with Crippen molar-refractivity contribution in [2.24, 2.45) is 4.99 Å². The topological polar surface area (TPSA) is 54.2 Å². The van der Waals surface area contributed by atoms with Gasteiger partial charge in [0.15, 0.2) is 5.96 Å². The summed E-state index contributed by atoms with van der Waals surface area (Å²) in [5, 5.41) is 11.2. The number of nitrogens with zero attached hydrogens (tertiary/aromatic N) is 3. The molecule has 0 saturated carbocycles. The van der Waals surface area contributed by atoms with E-state index in [1.54, 1.807) is 0 Å². The van der Waals surface area contributed by atoms with Crippen LogP contribution in [0.4, 0.5) is 0 Å². The molecule has 0 bridgehead atoms. The molecule has 2 aromatic carbocycles. The fourth-order valence-electron chi connectivity index (χ4n) is 2.56. The van der Waals surface area contributed by atoms with Crippen LogP contribution in [0.5, 0.6) is 0 Å². The lowest BCUT2D eigenvalue weighted by Crippen LogP contribution is -2.36. The summed E-state index contributed by atoms with van der Waals surface area (Å²) in [5.74, 6) is 0.794. The lowest BCUT2D eigenvalue weighted by Gasteiger charge is -2.10. The Morgan fingerprint density at radius 2 is 1.77 bits per heavy atom. The van der Waals surface area contributed by atoms with Crippen LogP contribution in [0.25, 0.3) is 5.69 Å². The molecule has 0 amide bonds. The summed E-state index contributed by atoms with van der Waals surface area (Å²) in [4.78, 5) is 4.65. The summed E-state index contributed by atoms with van der Waals surface area (Å²) in [5.41, 5.74) is 4.48. The average Bonchev–Trinajstić information content (AvgIpc) is 3.15. The number of hydrogen-bond acceptors (Lipinski definition) is 2. The van der Waals surface area contributed by atoms with E-state index in [9.17, 15) is 0 Å². The van der Waals surface area contributed by atoms with Gasteiger partial charge in [-0.05, 0) is 37.6 Å². The van der Waals surface area contributed by atoms with Gasteiger partial charge in [-0.1, -0.05) is 48.0 Å². The number of nitrogens with one attached hydrogen (secondary N) is 2. The Balaban J connectivity index is 1.61. The first-order valence-electron chi connectivity index (χ1n) is 8.92. The molecule has 3 rings (SSSR count). The van der Waals surface area contributed by atoms with Gasteiger partial charge in [0.05, 0.1) is 24.5 Å². The molecular formula is C21H25N5. The highest BCUT2D eigenvalue weighted by Crippen LogP contribution is 2.07. The van der Waals surface area contributed by atoms with E-state index in [2.05, 4.69) is 58.8 Å². The van der Waals surface area contributed by atoms with Crippen LogP contribution in [0.2, 0.25) is 0 Å². The average molecular weight is 347 g/mol. The van der Waals surface area contributed by atoms with E-state index >= 15 is 0 Å². The fraction of sp³-hybridized carbons (Fsp3) is 0.238. The largest absolute Gasteiger partial charge is 0.357 e. The minimum Gasteiger partial charge on any atom is -0.357 e. The molecule has 1 aromatic heterocycles. The van der Waals surface area contributed by atoms with Crippen molar-refractivity contribution in [3.8, 4) is 5.69 Å². The highest BCUT2D eigenvalue weighted by atomic mass is 15.3. The quantitative estimate of drug-likeness (QED) is 0.530. The van der Waals surface area contributed by atoms with Crippen molar-refractivity contribution in [1.82, 2.24) is 20.4 Å². The molecule has 3 aromatic rings. The summed E-state index contributed by atoms with van der Waals surface area (Å²) >= 11 is 0. The molecule has 0 atom stereocenters. The molecule has 26 heavy (non-hydrogen) atoms. The second-order valence-electron chi connectivity index (χ2n) is 6.12. The van der Waals surface area contributed by atoms with Gasteiger partial charge in [-0.25, -0.2) is 9.67 Å². The van der Waals surface area contributed by atoms with Gasteiger partial charge in [0, 0.05) is 12.7 Å². The van der Waals surface area contributed by atoms with E-state index in [0.29, 0.717) is 13.1 Å². The molecule has 0 radical (unpaired) electrons. The molecule has 5 heteroatoms. The third-order valence-electron chi connectivity index (χ3n) is 3.99. The first-order chi connectivity index (χ1) is 12.7. The number of benzene rings is 2. The van der Waals surface area contributed by atoms with Crippen LogP contribution >= 0.6 is 0 Å². The molecule has 0 fully saturated rings. The zero-order chi connectivity index (χ0) is 18.2. The van der Waals surface area contributed by atoms with E-state index in [-0.39, 0.29) is 0 Å². The number of hydrogen-bond donors (Lipinski definition) is 2. The fourth-order valence-corrected chi connectivity index (χ4v) is 2.56. The van der Waals surface area contributed by atoms with Crippen LogP contribution in [0.1, 0.15) is 23.7 Å². The number of aryl methyl sites for hydroxylation is 1. The second-order valence-corrected chi connectivity index (χ2v) is 6.12. The Labute approximate surface area is 154 Å². The Morgan fingerprint density at radius 3 is 2.50 bits per heavy atom. The van der Waals surface area contributed by atoms with Crippen molar-refractivity contribution in [2.75, 3.05) is 6.54 Å². The van der Waals surface area contributed by atoms with Crippen molar-refractivity contribution >= 4 is 5.96 Å². The zero-order valence-corrected chi connectivity index (χ0v) is 15.3. The number of rotatable bonds is 6. The van der Waals surface area contributed by atoms with Crippen molar-refractivity contribution < 1.29 is 0 Å². The van der Waals surface area contributed by atoms with E-state index < -0.39 is 0 Å². The number of para-hydroxylation sites is 1. The number of aromatic nitrogens is 2. The summed E-state index contributed by atoms with van der Waals surface area (Å²) < 4.78 is 1.88. The summed E-state index contributed by atoms with van der Waals surface area (Å²) in [7, 11) is 0. The van der Waals surface area contributed by atoms with Crippen molar-refractivity contribution in [2.45, 2.75) is 26.9 Å². The van der Waals surface area contributed by atoms with Gasteiger partial charge in [-0.15, -0.1) is 0 Å². The van der Waals surface area contributed by atoms with Crippen LogP contribution in [0, 0.1) is 6.92 Å². The van der Waals surface area contributed by atoms with Crippen molar-refractivity contribution in [3.63, 3.8) is 0 Å². The lowest BCUT2D eigenvalue weighted by molar-refractivity contribution is 0.770. The van der Waals surface area contributed by atoms with Crippen molar-refractivity contribution in [3.05, 3.63) is 83.7 Å². The first-order valence-corrected chi connectivity index (χ1v) is 8.92. The Bertz CT molecular complexity index is 834. The van der Waals surface area contributed by atoms with Gasteiger partial charge >= 0.3 is 0 Å². The van der Waals surface area contributed by atoms with Gasteiger partial charge in [0.1, 0.15) is 0 Å². The third-order valence-corrected chi connectivity index (χ3v) is 3.99. The third kappa shape index (κ3) is 4.96. The Hall–Kier alpha value is -3.08. The maximum Gasteiger partial charge on any atom is 0.191 e. The van der Waals surface area contributed by atoms with Gasteiger partial charge in [-0.3, -0.25) is 0 Å². The standard InChI is InChI=1S/C21H25N5/c1-3-22-21(23-15-18-11-9-17(2)10-12-18)24-16-19-13-14-26(25-19)20-7-5-4-6-8-20/h4-14H,3,15-16H2,1-2H3,(H2,22,23,24). The zero-order valence-electron chi connectivity index (χ0n) is 15.3. The minimum atomic E-state index is 0.625. The van der Waals surface area contributed by atoms with E-state index in [4.69, 9.17) is 0 Å². The summed E-state index contributed by atoms with van der Waals surface area (Å²) in [6.07, 6.45) is 1.97. The highest BCUT2D eigenvalue weighted by molar-refractivity contribution is 5.79. The van der Waals surface area contributed by atoms with E-state index in [0.717, 1.165) is 23.9 Å². The summed E-state index contributed by atoms with van der Waals surface area (Å²) in [6, 6.07) is 20.6. The van der Waals surface area contributed by atoms with Gasteiger partial charge in [0.2, 0.25) is 0 Å². The maximum atomic E-state index is 4.65. The van der Waals surface area contributed by atoms with Crippen LogP contribution in [-0.4, -0.2) is 22.3 Å². The molecule has 1 heterocycles. The SMILES string of the molecule is CCNC(=NCc1ccc(C)cc1)NCc1ccn(-c2ccccc2)n1. The number of aliphatic imine (C=N–C) groups is 1. The lowest BCUT2D eigenvalue weighted by atomic mass is 10.1. The summed E-state index contributed by atoms with van der Waals surface area (Å²) in [6.45, 7) is 6.24. The van der Waals surface area contributed by atoms with Crippen LogP contribution in [0.15, 0.2) is 71.9 Å². The predicted molar refractivity (Wildman–Crippen MR) is 106 cm³/mol. The molecule has 0 unspecified atom stereocenters. The molecule has 0 saturated heterocycles. The molecule has 0 aliphatic heterocycles. The molecular weight excluding hydrogens is 322 g/mol. The Morgan fingerprint density at radius 1 is 1.00 bits per heavy atom. The van der Waals surface area contributed by atoms with E-state index in [1.807, 2.05) is 47.3 Å². The Kier molecular flexibility index (Phi) is 6.04. The predicted octanol–water partition coefficient (Wildman–Crippen LogP) is 3.44. The monoisotopic (exact) mass is 347 g/mol. The second kappa shape index (κ2) is 8.85. The molecule has 5 nitrogen and oxygen atoms in total. The highest BCUT2D eigenvalue weighted by Gasteiger charge is 2.03. The van der Waals surface area contributed by atoms with Crippen LogP contribution in [-0.2, 0) is 13.1 Å². The molecule has 2 N–H and O–H groups in total. The molecule has 0 spiro atoms. The van der Waals surface area contributed by atoms with Gasteiger partial charge < -0.3 is 10.6 Å². The smallest absolute Gasteiger partial charge is 0.191 e. The van der Waals surface area contributed by atoms with Crippen LogP contribution in [0.3, 0.4) is 0 Å².